The van der Waals surface area contributed by atoms with Crippen molar-refractivity contribution in [1.29, 1.82) is 0 Å². The Morgan fingerprint density at radius 1 is 1.16 bits per heavy atom. The fourth-order valence-corrected chi connectivity index (χ4v) is 5.25. The van der Waals surface area contributed by atoms with Crippen LogP contribution >= 0.6 is 23.2 Å². The second-order valence-electron chi connectivity index (χ2n) is 7.07. The Balaban J connectivity index is 1.56. The lowest BCUT2D eigenvalue weighted by Gasteiger charge is -2.26. The van der Waals surface area contributed by atoms with Gasteiger partial charge in [0.05, 0.1) is 24.8 Å². The van der Waals surface area contributed by atoms with Crippen molar-refractivity contribution in [2.24, 2.45) is 0 Å². The molecule has 1 amide bonds. The number of benzene rings is 2. The summed E-state index contributed by atoms with van der Waals surface area (Å²) in [5, 5.41) is 3.47. The fraction of sp³-hybridized carbons (Fsp3) is 0.381. The van der Waals surface area contributed by atoms with E-state index in [1.165, 1.54) is 16.4 Å². The third kappa shape index (κ3) is 6.33. The van der Waals surface area contributed by atoms with Crippen LogP contribution in [0.1, 0.15) is 18.4 Å². The molecule has 0 unspecified atom stereocenters. The van der Waals surface area contributed by atoms with Gasteiger partial charge in [-0.15, -0.1) is 0 Å². The van der Waals surface area contributed by atoms with Gasteiger partial charge in [-0.05, 0) is 55.3 Å². The highest BCUT2D eigenvalue weighted by atomic mass is 35.5. The Morgan fingerprint density at radius 3 is 2.61 bits per heavy atom. The van der Waals surface area contributed by atoms with Gasteiger partial charge in [0.15, 0.2) is 0 Å². The summed E-state index contributed by atoms with van der Waals surface area (Å²) in [7, 11) is -3.77. The van der Waals surface area contributed by atoms with Crippen molar-refractivity contribution >= 4 is 44.8 Å². The number of aryl methyl sites for hydroxylation is 1. The summed E-state index contributed by atoms with van der Waals surface area (Å²) in [5.41, 5.74) is 1.29. The van der Waals surface area contributed by atoms with E-state index in [9.17, 15) is 13.2 Å². The first-order valence-electron chi connectivity index (χ1n) is 9.83. The van der Waals surface area contributed by atoms with Crippen molar-refractivity contribution in [3.8, 4) is 5.75 Å². The number of ether oxygens (including phenoxy) is 2. The Kier molecular flexibility index (Phi) is 8.18. The van der Waals surface area contributed by atoms with E-state index < -0.39 is 10.0 Å². The first-order valence-corrected chi connectivity index (χ1v) is 12.0. The molecule has 1 fully saturated rings. The van der Waals surface area contributed by atoms with Gasteiger partial charge >= 0.3 is 0 Å². The minimum atomic E-state index is -3.77. The highest BCUT2D eigenvalue weighted by molar-refractivity contribution is 7.89. The standard InChI is InChI=1S/C21H24Cl2N2O5S/c1-15-13-16(22)4-7-19(15)30-10-2-3-21(26)24-17-5-6-18(23)20(14-17)31(27,28)25-8-11-29-12-9-25/h4-7,13-14H,2-3,8-12H2,1H3,(H,24,26). The van der Waals surface area contributed by atoms with Crippen LogP contribution in [0.4, 0.5) is 5.69 Å². The van der Waals surface area contributed by atoms with E-state index in [4.69, 9.17) is 32.7 Å². The van der Waals surface area contributed by atoms with Gasteiger partial charge in [-0.1, -0.05) is 23.2 Å². The van der Waals surface area contributed by atoms with Crippen LogP contribution in [0.15, 0.2) is 41.3 Å². The van der Waals surface area contributed by atoms with Crippen molar-refractivity contribution in [2.75, 3.05) is 38.2 Å². The summed E-state index contributed by atoms with van der Waals surface area (Å²) in [5.74, 6) is 0.481. The molecule has 7 nitrogen and oxygen atoms in total. The number of nitrogens with zero attached hydrogens (tertiary/aromatic N) is 1. The molecule has 0 aliphatic carbocycles. The van der Waals surface area contributed by atoms with Crippen LogP contribution in [0.3, 0.4) is 0 Å². The maximum Gasteiger partial charge on any atom is 0.244 e. The molecule has 31 heavy (non-hydrogen) atoms. The van der Waals surface area contributed by atoms with E-state index >= 15 is 0 Å². The van der Waals surface area contributed by atoms with E-state index in [1.54, 1.807) is 18.2 Å². The quantitative estimate of drug-likeness (QED) is 0.567. The molecule has 1 N–H and O–H groups in total. The molecule has 1 aliphatic heterocycles. The number of morpholine rings is 1. The Labute approximate surface area is 192 Å². The molecule has 1 saturated heterocycles. The molecule has 168 valence electrons. The Bertz CT molecular complexity index is 1040. The maximum absolute atomic E-state index is 12.9. The summed E-state index contributed by atoms with van der Waals surface area (Å²) in [6.45, 7) is 3.48. The molecule has 0 saturated carbocycles. The summed E-state index contributed by atoms with van der Waals surface area (Å²) in [6, 6.07) is 9.79. The van der Waals surface area contributed by atoms with Crippen molar-refractivity contribution in [3.05, 3.63) is 52.0 Å². The van der Waals surface area contributed by atoms with Gasteiger partial charge < -0.3 is 14.8 Å². The third-order valence-electron chi connectivity index (χ3n) is 4.75. The smallest absolute Gasteiger partial charge is 0.244 e. The normalized spacial score (nSPS) is 14.9. The molecule has 3 rings (SSSR count). The van der Waals surface area contributed by atoms with Gasteiger partial charge in [0.2, 0.25) is 15.9 Å². The lowest BCUT2D eigenvalue weighted by atomic mass is 10.2. The Morgan fingerprint density at radius 2 is 1.90 bits per heavy atom. The summed E-state index contributed by atoms with van der Waals surface area (Å²) in [4.78, 5) is 12.3. The number of halogens is 2. The fourth-order valence-electron chi connectivity index (χ4n) is 3.12. The van der Waals surface area contributed by atoms with Gasteiger partial charge in [-0.2, -0.15) is 4.31 Å². The van der Waals surface area contributed by atoms with Gasteiger partial charge in [-0.3, -0.25) is 4.79 Å². The molecule has 1 aliphatic rings. The number of carbonyl (C=O) groups excluding carboxylic acids is 1. The molecule has 0 spiro atoms. The van der Waals surface area contributed by atoms with Crippen molar-refractivity contribution in [3.63, 3.8) is 0 Å². The number of anilines is 1. The van der Waals surface area contributed by atoms with Crippen LogP contribution in [-0.2, 0) is 19.6 Å². The zero-order chi connectivity index (χ0) is 22.4. The van der Waals surface area contributed by atoms with E-state index in [2.05, 4.69) is 5.32 Å². The second kappa shape index (κ2) is 10.7. The molecule has 0 radical (unpaired) electrons. The molecule has 0 atom stereocenters. The van der Waals surface area contributed by atoms with Crippen molar-refractivity contribution in [1.82, 2.24) is 4.31 Å². The molecular weight excluding hydrogens is 463 g/mol. The SMILES string of the molecule is Cc1cc(Cl)ccc1OCCCC(=O)Nc1ccc(Cl)c(S(=O)(=O)N2CCOCC2)c1. The number of hydrogen-bond acceptors (Lipinski definition) is 5. The largest absolute Gasteiger partial charge is 0.493 e. The number of amides is 1. The predicted molar refractivity (Wildman–Crippen MR) is 121 cm³/mol. The minimum absolute atomic E-state index is 0.0320. The van der Waals surface area contributed by atoms with Gasteiger partial charge in [0.1, 0.15) is 10.6 Å². The minimum Gasteiger partial charge on any atom is -0.493 e. The molecule has 0 bridgehead atoms. The number of sulfonamides is 1. The monoisotopic (exact) mass is 486 g/mol. The summed E-state index contributed by atoms with van der Waals surface area (Å²) >= 11 is 12.1. The zero-order valence-corrected chi connectivity index (χ0v) is 19.4. The Hall–Kier alpha value is -1.84. The first kappa shape index (κ1) is 23.8. The summed E-state index contributed by atoms with van der Waals surface area (Å²) < 4.78 is 38.0. The topological polar surface area (TPSA) is 84.9 Å². The third-order valence-corrected chi connectivity index (χ3v) is 7.36. The molecule has 10 heteroatoms. The van der Waals surface area contributed by atoms with Gasteiger partial charge in [0.25, 0.3) is 0 Å². The van der Waals surface area contributed by atoms with E-state index in [1.807, 2.05) is 13.0 Å². The van der Waals surface area contributed by atoms with E-state index in [0.717, 1.165) is 11.3 Å². The first-order chi connectivity index (χ1) is 14.8. The molecular formula is C21H24Cl2N2O5S. The second-order valence-corrected chi connectivity index (χ2v) is 9.82. The average Bonchev–Trinajstić information content (AvgIpc) is 2.74. The van der Waals surface area contributed by atoms with Crippen LogP contribution in [0, 0.1) is 6.92 Å². The maximum atomic E-state index is 12.9. The molecule has 1 heterocycles. The number of carbonyl (C=O) groups is 1. The van der Waals surface area contributed by atoms with E-state index in [0.29, 0.717) is 37.0 Å². The number of hydrogen-bond donors (Lipinski definition) is 1. The lowest BCUT2D eigenvalue weighted by molar-refractivity contribution is -0.116. The highest BCUT2D eigenvalue weighted by Crippen LogP contribution is 2.28. The highest BCUT2D eigenvalue weighted by Gasteiger charge is 2.28. The van der Waals surface area contributed by atoms with Crippen LogP contribution < -0.4 is 10.1 Å². The average molecular weight is 487 g/mol. The lowest BCUT2D eigenvalue weighted by Crippen LogP contribution is -2.40. The molecule has 2 aromatic rings. The number of nitrogens with one attached hydrogen (secondary N) is 1. The zero-order valence-electron chi connectivity index (χ0n) is 17.1. The molecule has 0 aromatic heterocycles. The molecule has 2 aromatic carbocycles. The van der Waals surface area contributed by atoms with Gasteiger partial charge in [0, 0.05) is 30.2 Å². The van der Waals surface area contributed by atoms with Gasteiger partial charge in [-0.25, -0.2) is 8.42 Å². The van der Waals surface area contributed by atoms with Crippen LogP contribution in [0.25, 0.3) is 0 Å². The van der Waals surface area contributed by atoms with Crippen LogP contribution in [0.2, 0.25) is 10.0 Å². The van der Waals surface area contributed by atoms with E-state index in [-0.39, 0.29) is 35.3 Å². The predicted octanol–water partition coefficient (Wildman–Crippen LogP) is 4.12. The summed E-state index contributed by atoms with van der Waals surface area (Å²) in [6.07, 6.45) is 0.723. The van der Waals surface area contributed by atoms with Crippen LogP contribution in [0.5, 0.6) is 5.75 Å². The number of rotatable bonds is 8. The van der Waals surface area contributed by atoms with Crippen LogP contribution in [-0.4, -0.2) is 51.5 Å². The van der Waals surface area contributed by atoms with Crippen molar-refractivity contribution < 1.29 is 22.7 Å². The van der Waals surface area contributed by atoms with Crippen molar-refractivity contribution in [2.45, 2.75) is 24.7 Å².